The maximum atomic E-state index is 12.2. The van der Waals surface area contributed by atoms with Crippen molar-refractivity contribution in [1.29, 1.82) is 0 Å². The summed E-state index contributed by atoms with van der Waals surface area (Å²) >= 11 is 1.57. The fourth-order valence-electron chi connectivity index (χ4n) is 2.53. The van der Waals surface area contributed by atoms with E-state index in [4.69, 9.17) is 0 Å². The smallest absolute Gasteiger partial charge is 0.224 e. The lowest BCUT2D eigenvalue weighted by molar-refractivity contribution is -0.116. The number of benzene rings is 2. The van der Waals surface area contributed by atoms with Crippen molar-refractivity contribution in [1.82, 2.24) is 4.98 Å². The lowest BCUT2D eigenvalue weighted by atomic mass is 10.0. The van der Waals surface area contributed by atoms with Crippen LogP contribution in [0.5, 0.6) is 0 Å². The molecule has 0 atom stereocenters. The number of nitrogens with one attached hydrogen (secondary N) is 1. The van der Waals surface area contributed by atoms with Crippen LogP contribution in [0.3, 0.4) is 0 Å². The maximum Gasteiger partial charge on any atom is 0.224 e. The summed E-state index contributed by atoms with van der Waals surface area (Å²) in [5.74, 6) is -0.170. The Balaban J connectivity index is 1.54. The van der Waals surface area contributed by atoms with Gasteiger partial charge in [-0.2, -0.15) is 0 Å². The number of rotatable bonds is 6. The zero-order valence-electron chi connectivity index (χ0n) is 13.9. The number of nitrogens with zero attached hydrogens (tertiary/aromatic N) is 1. The molecule has 0 aliphatic carbocycles. The zero-order chi connectivity index (χ0) is 17.6. The van der Waals surface area contributed by atoms with Crippen LogP contribution >= 0.6 is 11.3 Å². The molecule has 3 aromatic rings. The highest BCUT2D eigenvalue weighted by atomic mass is 32.1. The van der Waals surface area contributed by atoms with Crippen molar-refractivity contribution in [2.45, 2.75) is 19.8 Å². The van der Waals surface area contributed by atoms with Crippen molar-refractivity contribution in [3.63, 3.8) is 0 Å². The number of anilines is 1. The number of Topliss-reactive ketones (excluding diaryl/α,β-unsaturated/α-hetero) is 1. The Labute approximate surface area is 150 Å². The van der Waals surface area contributed by atoms with Gasteiger partial charge in [0.15, 0.2) is 5.78 Å². The van der Waals surface area contributed by atoms with Crippen molar-refractivity contribution in [2.75, 3.05) is 5.32 Å². The van der Waals surface area contributed by atoms with Gasteiger partial charge in [0, 0.05) is 41.2 Å². The predicted molar refractivity (Wildman–Crippen MR) is 101 cm³/mol. The lowest BCUT2D eigenvalue weighted by Crippen LogP contribution is -2.13. The quantitative estimate of drug-likeness (QED) is 0.654. The second kappa shape index (κ2) is 7.85. The molecule has 0 fully saturated rings. The molecular weight excluding hydrogens is 332 g/mol. The van der Waals surface area contributed by atoms with Gasteiger partial charge in [-0.3, -0.25) is 9.59 Å². The molecule has 0 saturated carbocycles. The summed E-state index contributed by atoms with van der Waals surface area (Å²) in [4.78, 5) is 28.5. The van der Waals surface area contributed by atoms with Crippen molar-refractivity contribution >= 4 is 28.7 Å². The first-order valence-corrected chi connectivity index (χ1v) is 8.90. The van der Waals surface area contributed by atoms with Gasteiger partial charge >= 0.3 is 0 Å². The molecule has 1 aromatic heterocycles. The highest BCUT2D eigenvalue weighted by Gasteiger charge is 2.11. The van der Waals surface area contributed by atoms with E-state index in [-0.39, 0.29) is 24.5 Å². The molecule has 126 valence electrons. The van der Waals surface area contributed by atoms with Gasteiger partial charge in [-0.05, 0) is 36.8 Å². The summed E-state index contributed by atoms with van der Waals surface area (Å²) in [6, 6.07) is 15.0. The molecule has 4 nitrogen and oxygen atoms in total. The zero-order valence-corrected chi connectivity index (χ0v) is 14.7. The van der Waals surface area contributed by atoms with Gasteiger partial charge in [0.1, 0.15) is 5.01 Å². The molecule has 0 spiro atoms. The van der Waals surface area contributed by atoms with E-state index in [0.29, 0.717) is 11.3 Å². The van der Waals surface area contributed by atoms with Crippen LogP contribution in [-0.4, -0.2) is 16.7 Å². The number of aromatic nitrogens is 1. The molecular formula is C20H18N2O2S. The summed E-state index contributed by atoms with van der Waals surface area (Å²) < 4.78 is 0. The second-order valence-electron chi connectivity index (χ2n) is 5.70. The third-order valence-electron chi connectivity index (χ3n) is 3.87. The van der Waals surface area contributed by atoms with E-state index < -0.39 is 0 Å². The van der Waals surface area contributed by atoms with Crippen molar-refractivity contribution in [3.05, 3.63) is 71.2 Å². The molecule has 3 rings (SSSR count). The van der Waals surface area contributed by atoms with Crippen LogP contribution in [0.2, 0.25) is 0 Å². The molecule has 0 bridgehead atoms. The van der Waals surface area contributed by atoms with Crippen LogP contribution < -0.4 is 5.32 Å². The molecule has 2 aromatic carbocycles. The Morgan fingerprint density at radius 3 is 2.48 bits per heavy atom. The summed E-state index contributed by atoms with van der Waals surface area (Å²) in [5, 5.41) is 5.70. The number of carbonyl (C=O) groups is 2. The molecule has 1 N–H and O–H groups in total. The molecule has 0 saturated heterocycles. The predicted octanol–water partition coefficient (Wildman–Crippen LogP) is 4.72. The fraction of sp³-hybridized carbons (Fsp3) is 0.150. The van der Waals surface area contributed by atoms with Gasteiger partial charge in [0.25, 0.3) is 0 Å². The van der Waals surface area contributed by atoms with E-state index in [1.807, 2.05) is 54.8 Å². The van der Waals surface area contributed by atoms with E-state index >= 15 is 0 Å². The lowest BCUT2D eigenvalue weighted by Gasteiger charge is -2.07. The van der Waals surface area contributed by atoms with E-state index in [9.17, 15) is 9.59 Å². The van der Waals surface area contributed by atoms with Crippen LogP contribution in [0, 0.1) is 6.92 Å². The Bertz CT molecular complexity index is 871. The topological polar surface area (TPSA) is 59.1 Å². The highest BCUT2D eigenvalue weighted by Crippen LogP contribution is 2.23. The normalized spacial score (nSPS) is 10.4. The first-order chi connectivity index (χ1) is 12.1. The summed E-state index contributed by atoms with van der Waals surface area (Å²) in [5.41, 5.74) is 3.35. The molecule has 0 aliphatic rings. The monoisotopic (exact) mass is 350 g/mol. The summed E-state index contributed by atoms with van der Waals surface area (Å²) in [6.45, 7) is 1.90. The third kappa shape index (κ3) is 4.39. The molecule has 1 heterocycles. The van der Waals surface area contributed by atoms with E-state index in [2.05, 4.69) is 10.3 Å². The van der Waals surface area contributed by atoms with E-state index in [1.165, 1.54) is 0 Å². The number of amides is 1. The molecule has 0 radical (unpaired) electrons. The maximum absolute atomic E-state index is 12.2. The SMILES string of the molecule is Cc1ccccc1C(=O)CCC(=O)Nc1ccc(-c2nccs2)cc1. The Kier molecular flexibility index (Phi) is 5.36. The average molecular weight is 350 g/mol. The van der Waals surface area contributed by atoms with Gasteiger partial charge in [-0.15, -0.1) is 11.3 Å². The van der Waals surface area contributed by atoms with Gasteiger partial charge in [0.2, 0.25) is 5.91 Å². The van der Waals surface area contributed by atoms with Gasteiger partial charge in [-0.25, -0.2) is 4.98 Å². The van der Waals surface area contributed by atoms with Crippen LogP contribution in [-0.2, 0) is 4.79 Å². The Morgan fingerprint density at radius 1 is 1.04 bits per heavy atom. The average Bonchev–Trinajstić information content (AvgIpc) is 3.15. The second-order valence-corrected chi connectivity index (χ2v) is 6.60. The van der Waals surface area contributed by atoms with Gasteiger partial charge in [-0.1, -0.05) is 24.3 Å². The largest absolute Gasteiger partial charge is 0.326 e. The standard InChI is InChI=1S/C20H18N2O2S/c1-14-4-2-3-5-17(14)18(23)10-11-19(24)22-16-8-6-15(7-9-16)20-21-12-13-25-20/h2-9,12-13H,10-11H2,1H3,(H,22,24). The third-order valence-corrected chi connectivity index (χ3v) is 4.69. The Morgan fingerprint density at radius 2 is 1.80 bits per heavy atom. The van der Waals surface area contributed by atoms with Crippen LogP contribution in [0.4, 0.5) is 5.69 Å². The minimum absolute atomic E-state index is 0.00707. The molecule has 1 amide bonds. The van der Waals surface area contributed by atoms with Crippen molar-refractivity contribution in [2.24, 2.45) is 0 Å². The molecule has 25 heavy (non-hydrogen) atoms. The first kappa shape index (κ1) is 17.0. The minimum Gasteiger partial charge on any atom is -0.326 e. The Hall–Kier alpha value is -2.79. The first-order valence-electron chi connectivity index (χ1n) is 8.02. The van der Waals surface area contributed by atoms with Gasteiger partial charge < -0.3 is 5.32 Å². The number of thiazole rings is 1. The molecule has 0 unspecified atom stereocenters. The van der Waals surface area contributed by atoms with Crippen LogP contribution in [0.25, 0.3) is 10.6 Å². The summed E-state index contributed by atoms with van der Waals surface area (Å²) in [6.07, 6.45) is 2.14. The number of carbonyl (C=O) groups excluding carboxylic acids is 2. The van der Waals surface area contributed by atoms with Crippen LogP contribution in [0.15, 0.2) is 60.1 Å². The summed E-state index contributed by atoms with van der Waals surface area (Å²) in [7, 11) is 0. The minimum atomic E-state index is -0.163. The number of ketones is 1. The van der Waals surface area contributed by atoms with Crippen molar-refractivity contribution < 1.29 is 9.59 Å². The number of aryl methyl sites for hydroxylation is 1. The van der Waals surface area contributed by atoms with E-state index in [1.54, 1.807) is 23.6 Å². The van der Waals surface area contributed by atoms with Crippen molar-refractivity contribution in [3.8, 4) is 10.6 Å². The highest BCUT2D eigenvalue weighted by molar-refractivity contribution is 7.13. The fourth-order valence-corrected chi connectivity index (χ4v) is 3.18. The van der Waals surface area contributed by atoms with Gasteiger partial charge in [0.05, 0.1) is 0 Å². The molecule has 0 aliphatic heterocycles. The number of hydrogen-bond donors (Lipinski definition) is 1. The van der Waals surface area contributed by atoms with Crippen LogP contribution in [0.1, 0.15) is 28.8 Å². The number of hydrogen-bond acceptors (Lipinski definition) is 4. The molecule has 5 heteroatoms. The van der Waals surface area contributed by atoms with E-state index in [0.717, 1.165) is 16.1 Å².